The smallest absolute Gasteiger partial charge is 0.309 e. The third-order valence-corrected chi connectivity index (χ3v) is 9.92. The Bertz CT molecular complexity index is 2620. The maximum atomic E-state index is 13.3. The van der Waals surface area contributed by atoms with E-state index in [0.29, 0.717) is 32.8 Å². The van der Waals surface area contributed by atoms with Crippen LogP contribution in [-0.2, 0) is 24.7 Å². The summed E-state index contributed by atoms with van der Waals surface area (Å²) in [6.07, 6.45) is -19.6. The van der Waals surface area contributed by atoms with Gasteiger partial charge in [0, 0.05) is 70.1 Å². The van der Waals surface area contributed by atoms with E-state index in [-0.39, 0.29) is 23.5 Å². The third-order valence-electron chi connectivity index (χ3n) is 8.93. The molecule has 0 saturated carbocycles. The maximum absolute atomic E-state index is 13.3. The highest BCUT2D eigenvalue weighted by atomic mass is 80.9. The van der Waals surface area contributed by atoms with E-state index >= 15 is 0 Å². The largest absolute Gasteiger partial charge is 0.416 e. The molecule has 0 fully saturated rings. The summed E-state index contributed by atoms with van der Waals surface area (Å²) in [5, 5.41) is 2.89. The van der Waals surface area contributed by atoms with E-state index in [1.54, 1.807) is 84.9 Å². The number of aromatic nitrogens is 2. The average Bonchev–Trinajstić information content (AvgIpc) is 3.66. The second-order valence-electron chi connectivity index (χ2n) is 12.6. The van der Waals surface area contributed by atoms with Crippen LogP contribution in [0.2, 0.25) is 0 Å². The zero-order valence-corrected chi connectivity index (χ0v) is 34.8. The highest BCUT2D eigenvalue weighted by Gasteiger charge is 2.39. The summed E-state index contributed by atoms with van der Waals surface area (Å²) >= 11 is 12.2. The van der Waals surface area contributed by atoms with Gasteiger partial charge in [-0.1, -0.05) is 68.3 Å². The number of fused-ring (bicyclic) bond motifs is 6. The van der Waals surface area contributed by atoms with Crippen molar-refractivity contribution in [1.29, 1.82) is 0 Å². The van der Waals surface area contributed by atoms with E-state index in [2.05, 4.69) is 60.1 Å². The van der Waals surface area contributed by atoms with E-state index in [1.807, 2.05) is 0 Å². The summed E-state index contributed by atoms with van der Waals surface area (Å²) in [5.74, 6) is 0. The van der Waals surface area contributed by atoms with Crippen molar-refractivity contribution < 1.29 is 52.7 Å². The Morgan fingerprint density at radius 3 is 0.897 bits per heavy atom. The molecule has 302 valence electrons. The zero-order chi connectivity index (χ0) is 42.5. The predicted octanol–water partition coefficient (Wildman–Crippen LogP) is 16.9. The lowest BCUT2D eigenvalue weighted by molar-refractivity contribution is -0.144. The number of para-hydroxylation sites is 2. The van der Waals surface area contributed by atoms with Gasteiger partial charge in [0.15, 0.2) is 0 Å². The Labute approximate surface area is 352 Å². The van der Waals surface area contributed by atoms with E-state index in [4.69, 9.17) is 0 Å². The van der Waals surface area contributed by atoms with Gasteiger partial charge in [0.2, 0.25) is 0 Å². The van der Waals surface area contributed by atoms with Crippen LogP contribution in [0.5, 0.6) is 0 Å². The second-order valence-corrected chi connectivity index (χ2v) is 14.4. The van der Waals surface area contributed by atoms with Gasteiger partial charge in [0.05, 0.1) is 44.3 Å². The second kappa shape index (κ2) is 16.2. The topological polar surface area (TPSA) is 9.86 Å². The maximum Gasteiger partial charge on any atom is 0.416 e. The van der Waals surface area contributed by atoms with Gasteiger partial charge in [-0.15, -0.1) is 0 Å². The van der Waals surface area contributed by atoms with Gasteiger partial charge in [-0.25, -0.2) is 0 Å². The lowest BCUT2D eigenvalue weighted by Crippen LogP contribution is -2.12. The van der Waals surface area contributed by atoms with Crippen molar-refractivity contribution in [3.63, 3.8) is 0 Å². The first-order valence-electron chi connectivity index (χ1n) is 16.2. The molecule has 0 aliphatic rings. The van der Waals surface area contributed by atoms with Gasteiger partial charge in [-0.2, -0.15) is 52.7 Å². The molecule has 6 aromatic carbocycles. The molecule has 0 amide bonds. The van der Waals surface area contributed by atoms with Gasteiger partial charge < -0.3 is 9.13 Å². The van der Waals surface area contributed by atoms with Crippen LogP contribution in [0.3, 0.4) is 0 Å². The first kappa shape index (κ1) is 43.6. The molecule has 0 radical (unpaired) electrons. The van der Waals surface area contributed by atoms with Crippen LogP contribution in [0.25, 0.3) is 55.0 Å². The van der Waals surface area contributed by atoms with E-state index in [0.717, 1.165) is 44.0 Å². The van der Waals surface area contributed by atoms with Gasteiger partial charge in [-0.05, 0) is 84.9 Å². The quantitative estimate of drug-likeness (QED) is 0.153. The molecule has 2 nitrogen and oxygen atoms in total. The molecule has 2 aromatic heterocycles. The SMILES string of the molecule is BrBr.FC(F)(F)c1cc(-n2c3ccc(Br)cc3c3cc(Br)ccc32)cc(C(F)(F)F)c1.FC(F)(F)c1cc(-n2c3ccccc3c3ccccc32)cc(C(F)(F)F)c1. The summed E-state index contributed by atoms with van der Waals surface area (Å²) in [5.41, 5.74) is -3.73. The van der Waals surface area contributed by atoms with E-state index in [1.165, 1.54) is 9.13 Å². The first-order chi connectivity index (χ1) is 27.1. The van der Waals surface area contributed by atoms with E-state index < -0.39 is 47.0 Å². The monoisotopic (exact) mass is 1070 g/mol. The van der Waals surface area contributed by atoms with Crippen LogP contribution >= 0.6 is 60.1 Å². The fourth-order valence-electron chi connectivity index (χ4n) is 6.58. The molecule has 0 unspecified atom stereocenters. The minimum atomic E-state index is -4.92. The molecule has 0 atom stereocenters. The minimum absolute atomic E-state index is 0.130. The minimum Gasteiger partial charge on any atom is -0.309 e. The molecule has 8 rings (SSSR count). The van der Waals surface area contributed by atoms with Crippen molar-refractivity contribution in [2.75, 3.05) is 0 Å². The Balaban J connectivity index is 0.000000188. The van der Waals surface area contributed by atoms with Gasteiger partial charge >= 0.3 is 24.7 Å². The van der Waals surface area contributed by atoms with Gasteiger partial charge in [0.25, 0.3) is 0 Å². The number of nitrogens with zero attached hydrogens (tertiary/aromatic N) is 2. The van der Waals surface area contributed by atoms with Crippen molar-refractivity contribution >= 4 is 104 Å². The molecule has 0 saturated heterocycles. The summed E-state index contributed by atoms with van der Waals surface area (Å²) in [6.45, 7) is 0. The van der Waals surface area contributed by atoms with Gasteiger partial charge in [-0.3, -0.25) is 0 Å². The molecule has 0 bridgehead atoms. The lowest BCUT2D eigenvalue weighted by atomic mass is 10.1. The molecular formula is C40H20Br4F12N2. The molecule has 18 heteroatoms. The number of benzene rings is 6. The summed E-state index contributed by atoms with van der Waals surface area (Å²) in [7, 11) is 0. The highest BCUT2D eigenvalue weighted by molar-refractivity contribution is 9.93. The third kappa shape index (κ3) is 8.80. The summed E-state index contributed by atoms with van der Waals surface area (Å²) < 4.78 is 164. The first-order valence-corrected chi connectivity index (χ1v) is 21.5. The predicted molar refractivity (Wildman–Crippen MR) is 215 cm³/mol. The molecule has 58 heavy (non-hydrogen) atoms. The van der Waals surface area contributed by atoms with Crippen LogP contribution in [0.1, 0.15) is 22.3 Å². The van der Waals surface area contributed by atoms with Crippen molar-refractivity contribution in [1.82, 2.24) is 9.13 Å². The summed E-state index contributed by atoms with van der Waals surface area (Å²) in [6, 6.07) is 27.3. The number of halogens is 16. The Morgan fingerprint density at radius 1 is 0.328 bits per heavy atom. The lowest BCUT2D eigenvalue weighted by Gasteiger charge is -2.16. The molecular weight excluding hydrogens is 1060 g/mol. The molecule has 0 N–H and O–H groups in total. The standard InChI is InChI=1S/C20H9Br2F6N.C20H11F6N.Br2/c21-12-1-3-17-15(8-12)16-9-13(22)2-4-18(16)29(17)14-6-10(19(23,24)25)5-11(7-14)20(26,27)28;21-19(22,23)12-9-13(20(24,25)26)11-14(10-12)27-17-7-3-1-5-15(17)16-6-2-4-8-18(16)27;1-2/h1-9H;1-11H;. The van der Waals surface area contributed by atoms with Crippen molar-refractivity contribution in [3.8, 4) is 11.4 Å². The van der Waals surface area contributed by atoms with Crippen LogP contribution in [-0.4, -0.2) is 9.13 Å². The van der Waals surface area contributed by atoms with Crippen LogP contribution in [0.15, 0.2) is 130 Å². The van der Waals surface area contributed by atoms with Crippen LogP contribution < -0.4 is 0 Å². The molecule has 0 aliphatic carbocycles. The van der Waals surface area contributed by atoms with E-state index in [9.17, 15) is 52.7 Å². The van der Waals surface area contributed by atoms with Crippen molar-refractivity contribution in [3.05, 3.63) is 153 Å². The Morgan fingerprint density at radius 2 is 0.603 bits per heavy atom. The zero-order valence-electron chi connectivity index (χ0n) is 28.5. The van der Waals surface area contributed by atoms with Crippen LogP contribution in [0, 0.1) is 0 Å². The molecule has 2 heterocycles. The Hall–Kier alpha value is -4.00. The van der Waals surface area contributed by atoms with Gasteiger partial charge in [0.1, 0.15) is 0 Å². The fraction of sp³-hybridized carbons (Fsp3) is 0.100. The average molecular weight is 1080 g/mol. The summed E-state index contributed by atoms with van der Waals surface area (Å²) in [4.78, 5) is 0. The molecule has 0 spiro atoms. The highest BCUT2D eigenvalue weighted by Crippen LogP contribution is 2.42. The van der Waals surface area contributed by atoms with Crippen molar-refractivity contribution in [2.24, 2.45) is 0 Å². The number of rotatable bonds is 2. The normalized spacial score (nSPS) is 12.5. The molecule has 0 aliphatic heterocycles. The van der Waals surface area contributed by atoms with Crippen molar-refractivity contribution in [2.45, 2.75) is 24.7 Å². The molecule has 8 aromatic rings. The van der Waals surface area contributed by atoms with Crippen LogP contribution in [0.4, 0.5) is 52.7 Å². The number of hydrogen-bond acceptors (Lipinski definition) is 0. The number of alkyl halides is 12. The number of hydrogen-bond donors (Lipinski definition) is 0. The fourth-order valence-corrected chi connectivity index (χ4v) is 7.30. The Kier molecular flexibility index (Phi) is 12.2.